The fraction of sp³-hybridized carbons (Fsp3) is 0.500. The fourth-order valence-electron chi connectivity index (χ4n) is 1.10. The van der Waals surface area contributed by atoms with Crippen molar-refractivity contribution < 1.29 is 0 Å². The Kier molecular flexibility index (Phi) is 4.26. The number of hydrogen-bond donors (Lipinski definition) is 1. The van der Waals surface area contributed by atoms with Crippen LogP contribution in [0.2, 0.25) is 0 Å². The van der Waals surface area contributed by atoms with Crippen LogP contribution in [0.3, 0.4) is 0 Å². The smallest absolute Gasteiger partial charge is 0.0371 e. The van der Waals surface area contributed by atoms with E-state index in [4.69, 9.17) is 0 Å². The Bertz CT molecular complexity index is 221. The van der Waals surface area contributed by atoms with Crippen LogP contribution >= 0.6 is 0 Å². The van der Waals surface area contributed by atoms with Crippen molar-refractivity contribution in [2.75, 3.05) is 32.5 Å². The summed E-state index contributed by atoms with van der Waals surface area (Å²) in [6.07, 6.45) is 4.76. The SMILES string of the molecule is CN(C)CCCNc1ccncc1. The Morgan fingerprint density at radius 1 is 1.31 bits per heavy atom. The molecule has 1 heterocycles. The number of aromatic nitrogens is 1. The lowest BCUT2D eigenvalue weighted by atomic mass is 10.3. The first kappa shape index (κ1) is 9.99. The second-order valence-corrected chi connectivity index (χ2v) is 3.32. The number of pyridine rings is 1. The Hall–Kier alpha value is -1.09. The molecule has 3 nitrogen and oxygen atoms in total. The maximum Gasteiger partial charge on any atom is 0.0371 e. The predicted octanol–water partition coefficient (Wildman–Crippen LogP) is 1.45. The minimum absolute atomic E-state index is 1.02. The summed E-state index contributed by atoms with van der Waals surface area (Å²) in [6, 6.07) is 3.96. The molecule has 72 valence electrons. The van der Waals surface area contributed by atoms with Crippen molar-refractivity contribution in [3.8, 4) is 0 Å². The lowest BCUT2D eigenvalue weighted by Gasteiger charge is -2.10. The van der Waals surface area contributed by atoms with Crippen LogP contribution in [0, 0.1) is 0 Å². The molecular formula is C10H17N3. The molecule has 0 amide bonds. The first-order valence-electron chi connectivity index (χ1n) is 4.57. The van der Waals surface area contributed by atoms with E-state index in [0.717, 1.165) is 25.2 Å². The fourth-order valence-corrected chi connectivity index (χ4v) is 1.10. The van der Waals surface area contributed by atoms with Crippen molar-refractivity contribution in [3.05, 3.63) is 24.5 Å². The van der Waals surface area contributed by atoms with Gasteiger partial charge in [-0.25, -0.2) is 0 Å². The second-order valence-electron chi connectivity index (χ2n) is 3.32. The van der Waals surface area contributed by atoms with Gasteiger partial charge in [0.2, 0.25) is 0 Å². The van der Waals surface area contributed by atoms with Gasteiger partial charge < -0.3 is 10.2 Å². The molecule has 0 spiro atoms. The van der Waals surface area contributed by atoms with Crippen molar-refractivity contribution in [2.24, 2.45) is 0 Å². The number of nitrogens with zero attached hydrogens (tertiary/aromatic N) is 2. The third kappa shape index (κ3) is 4.48. The van der Waals surface area contributed by atoms with Gasteiger partial charge in [0.1, 0.15) is 0 Å². The highest BCUT2D eigenvalue weighted by Crippen LogP contribution is 2.02. The number of nitrogens with one attached hydrogen (secondary N) is 1. The van der Waals surface area contributed by atoms with Gasteiger partial charge in [-0.2, -0.15) is 0 Å². The summed E-state index contributed by atoms with van der Waals surface area (Å²) in [6.45, 7) is 2.14. The van der Waals surface area contributed by atoms with Gasteiger partial charge in [-0.1, -0.05) is 0 Å². The van der Waals surface area contributed by atoms with E-state index in [0.29, 0.717) is 0 Å². The minimum atomic E-state index is 1.02. The van der Waals surface area contributed by atoms with Crippen molar-refractivity contribution in [3.63, 3.8) is 0 Å². The Balaban J connectivity index is 2.13. The van der Waals surface area contributed by atoms with E-state index in [9.17, 15) is 0 Å². The highest BCUT2D eigenvalue weighted by atomic mass is 15.1. The molecule has 0 atom stereocenters. The van der Waals surface area contributed by atoms with E-state index in [1.54, 1.807) is 12.4 Å². The topological polar surface area (TPSA) is 28.2 Å². The van der Waals surface area contributed by atoms with Gasteiger partial charge in [0.15, 0.2) is 0 Å². The maximum atomic E-state index is 3.95. The van der Waals surface area contributed by atoms with Gasteiger partial charge in [0.05, 0.1) is 0 Å². The number of hydrogen-bond acceptors (Lipinski definition) is 3. The summed E-state index contributed by atoms with van der Waals surface area (Å²) in [5.74, 6) is 0. The molecule has 0 aliphatic carbocycles. The molecule has 0 radical (unpaired) electrons. The molecule has 0 fully saturated rings. The molecule has 0 saturated carbocycles. The molecule has 0 unspecified atom stereocenters. The Labute approximate surface area is 79.8 Å². The summed E-state index contributed by atoms with van der Waals surface area (Å²) in [5.41, 5.74) is 1.15. The number of rotatable bonds is 5. The molecule has 0 aromatic carbocycles. The molecule has 1 N–H and O–H groups in total. The first-order valence-corrected chi connectivity index (χ1v) is 4.57. The zero-order valence-electron chi connectivity index (χ0n) is 8.33. The summed E-state index contributed by atoms with van der Waals surface area (Å²) in [4.78, 5) is 6.14. The quantitative estimate of drug-likeness (QED) is 0.693. The van der Waals surface area contributed by atoms with Crippen LogP contribution in [0.15, 0.2) is 24.5 Å². The highest BCUT2D eigenvalue weighted by Gasteiger charge is 1.91. The van der Waals surface area contributed by atoms with Gasteiger partial charge in [-0.05, 0) is 39.2 Å². The molecule has 0 bridgehead atoms. The third-order valence-corrected chi connectivity index (χ3v) is 1.79. The maximum absolute atomic E-state index is 3.95. The molecular weight excluding hydrogens is 162 g/mol. The van der Waals surface area contributed by atoms with Gasteiger partial charge in [-0.3, -0.25) is 4.98 Å². The molecule has 0 saturated heterocycles. The second kappa shape index (κ2) is 5.54. The lowest BCUT2D eigenvalue weighted by Crippen LogP contribution is -2.16. The molecule has 1 aromatic heterocycles. The van der Waals surface area contributed by atoms with Crippen LogP contribution in [-0.4, -0.2) is 37.1 Å². The minimum Gasteiger partial charge on any atom is -0.385 e. The van der Waals surface area contributed by atoms with Crippen molar-refractivity contribution in [1.82, 2.24) is 9.88 Å². The standard InChI is InChI=1S/C10H17N3/c1-13(2)9-3-6-12-10-4-7-11-8-5-10/h4-5,7-8H,3,6,9H2,1-2H3,(H,11,12). The Morgan fingerprint density at radius 2 is 2.00 bits per heavy atom. The van der Waals surface area contributed by atoms with Crippen molar-refractivity contribution in [2.45, 2.75) is 6.42 Å². The normalized spacial score (nSPS) is 10.4. The average Bonchev–Trinajstić information content (AvgIpc) is 2.14. The Morgan fingerprint density at radius 3 is 2.62 bits per heavy atom. The number of anilines is 1. The van der Waals surface area contributed by atoms with Gasteiger partial charge >= 0.3 is 0 Å². The third-order valence-electron chi connectivity index (χ3n) is 1.79. The zero-order chi connectivity index (χ0) is 9.52. The van der Waals surface area contributed by atoms with Crippen molar-refractivity contribution >= 4 is 5.69 Å². The van der Waals surface area contributed by atoms with E-state index in [1.165, 1.54) is 0 Å². The van der Waals surface area contributed by atoms with E-state index < -0.39 is 0 Å². The molecule has 1 rings (SSSR count). The van der Waals surface area contributed by atoms with Crippen LogP contribution < -0.4 is 5.32 Å². The van der Waals surface area contributed by atoms with Crippen LogP contribution in [0.4, 0.5) is 5.69 Å². The molecule has 1 aromatic rings. The van der Waals surface area contributed by atoms with Crippen molar-refractivity contribution in [1.29, 1.82) is 0 Å². The highest BCUT2D eigenvalue weighted by molar-refractivity contribution is 5.40. The van der Waals surface area contributed by atoms with Crippen LogP contribution in [0.1, 0.15) is 6.42 Å². The monoisotopic (exact) mass is 179 g/mol. The van der Waals surface area contributed by atoms with E-state index in [1.807, 2.05) is 12.1 Å². The molecule has 3 heteroatoms. The van der Waals surface area contributed by atoms with Gasteiger partial charge in [-0.15, -0.1) is 0 Å². The molecule has 13 heavy (non-hydrogen) atoms. The molecule has 0 aliphatic rings. The molecule has 0 aliphatic heterocycles. The van der Waals surface area contributed by atoms with E-state index >= 15 is 0 Å². The first-order chi connectivity index (χ1) is 6.29. The van der Waals surface area contributed by atoms with E-state index in [2.05, 4.69) is 29.3 Å². The van der Waals surface area contributed by atoms with Crippen LogP contribution in [-0.2, 0) is 0 Å². The largest absolute Gasteiger partial charge is 0.385 e. The summed E-state index contributed by atoms with van der Waals surface area (Å²) in [7, 11) is 4.18. The van der Waals surface area contributed by atoms with E-state index in [-0.39, 0.29) is 0 Å². The predicted molar refractivity (Wildman–Crippen MR) is 55.9 cm³/mol. The summed E-state index contributed by atoms with van der Waals surface area (Å²) in [5, 5.41) is 3.33. The van der Waals surface area contributed by atoms with Crippen LogP contribution in [0.25, 0.3) is 0 Å². The summed E-state index contributed by atoms with van der Waals surface area (Å²) < 4.78 is 0. The summed E-state index contributed by atoms with van der Waals surface area (Å²) >= 11 is 0. The van der Waals surface area contributed by atoms with Crippen LogP contribution in [0.5, 0.6) is 0 Å². The van der Waals surface area contributed by atoms with Gasteiger partial charge in [0, 0.05) is 24.6 Å². The average molecular weight is 179 g/mol. The van der Waals surface area contributed by atoms with Gasteiger partial charge in [0.25, 0.3) is 0 Å². The lowest BCUT2D eigenvalue weighted by molar-refractivity contribution is 0.405. The zero-order valence-corrected chi connectivity index (χ0v) is 8.33.